The van der Waals surface area contributed by atoms with Crippen molar-refractivity contribution in [2.24, 2.45) is 0 Å². The number of ether oxygens (including phenoxy) is 1. The number of hydrogen-bond donors (Lipinski definition) is 4. The summed E-state index contributed by atoms with van der Waals surface area (Å²) in [6.45, 7) is 14.6. The molecule has 3 aliphatic rings. The number of unbranched alkanes of at least 4 members (excludes halogenated alkanes) is 1. The number of rotatable bonds is 24. The zero-order chi connectivity index (χ0) is 51.4. The molecule has 0 radical (unpaired) electrons. The number of methoxy groups -OCH3 is 1. The van der Waals surface area contributed by atoms with Gasteiger partial charge in [-0.3, -0.25) is 9.45 Å². The van der Waals surface area contributed by atoms with E-state index in [1.54, 1.807) is 7.11 Å². The lowest BCUT2D eigenvalue weighted by atomic mass is 9.93. The first-order chi connectivity index (χ1) is 34.7. The number of sulfonamides is 1. The number of likely N-dealkylation sites (N-methyl/N-ethyl adjacent to an activating group) is 1. The van der Waals surface area contributed by atoms with Gasteiger partial charge in [0, 0.05) is 96.9 Å². The smallest absolute Gasteiger partial charge is 0.319 e. The van der Waals surface area contributed by atoms with Crippen LogP contribution in [0.15, 0.2) is 123 Å². The van der Waals surface area contributed by atoms with Gasteiger partial charge in [-0.25, -0.2) is 22.5 Å². The number of carbonyl (C=O) groups is 1. The molecule has 1 aliphatic carbocycles. The van der Waals surface area contributed by atoms with Crippen LogP contribution in [0.3, 0.4) is 0 Å². The second-order valence-corrected chi connectivity index (χ2v) is 21.6. The van der Waals surface area contributed by atoms with Gasteiger partial charge < -0.3 is 29.6 Å². The summed E-state index contributed by atoms with van der Waals surface area (Å²) in [4.78, 5) is 19.3. The summed E-state index contributed by atoms with van der Waals surface area (Å²) in [6.07, 6.45) is 4.93. The lowest BCUT2D eigenvalue weighted by Gasteiger charge is -2.34. The Morgan fingerprint density at radius 2 is 1.62 bits per heavy atom. The van der Waals surface area contributed by atoms with E-state index in [0.717, 1.165) is 87.9 Å². The minimum absolute atomic E-state index is 0.0392. The zero-order valence-corrected chi connectivity index (χ0v) is 44.2. The number of para-hydroxylation sites is 1. The first-order valence-corrected chi connectivity index (χ1v) is 28.2. The molecule has 17 heteroatoms. The Morgan fingerprint density at radius 1 is 0.889 bits per heavy atom. The average Bonchev–Trinajstić information content (AvgIpc) is 3.82. The Labute approximate surface area is 426 Å². The normalized spacial score (nSPS) is 14.8. The number of nitrogens with zero attached hydrogens (tertiary/aromatic N) is 4. The molecule has 15 nitrogen and oxygen atoms in total. The van der Waals surface area contributed by atoms with Crippen LogP contribution in [0, 0.1) is 0 Å². The third kappa shape index (κ3) is 13.4. The second-order valence-electron chi connectivity index (χ2n) is 18.4. The van der Waals surface area contributed by atoms with Gasteiger partial charge in [0.05, 0.1) is 18.1 Å². The predicted molar refractivity (Wildman–Crippen MR) is 288 cm³/mol. The number of benzene rings is 5. The Morgan fingerprint density at radius 3 is 2.32 bits per heavy atom. The van der Waals surface area contributed by atoms with E-state index in [-0.39, 0.29) is 29.1 Å². The number of amides is 2. The minimum Gasteiger partial charge on any atom is -0.497 e. The van der Waals surface area contributed by atoms with Crippen molar-refractivity contribution >= 4 is 48.5 Å². The summed E-state index contributed by atoms with van der Waals surface area (Å²) in [5.41, 5.74) is 4.64. The molecular formula is C55H72N7O8S2+. The molecule has 0 unspecified atom stereocenters. The first-order valence-electron chi connectivity index (χ1n) is 25.3. The number of likely N-dealkylation sites (tertiary alicyclic amines) is 1. The topological polar surface area (TPSA) is 177 Å². The van der Waals surface area contributed by atoms with Crippen LogP contribution in [0.1, 0.15) is 65.4 Å². The number of fused-ring (bicyclic) bond motifs is 2. The van der Waals surface area contributed by atoms with Crippen molar-refractivity contribution in [2.45, 2.75) is 88.1 Å². The second kappa shape index (κ2) is 24.7. The summed E-state index contributed by atoms with van der Waals surface area (Å²) < 4.78 is 82.1. The van der Waals surface area contributed by atoms with E-state index < -0.39 is 25.0 Å². The Balaban J connectivity index is 1.07. The van der Waals surface area contributed by atoms with Crippen LogP contribution in [0.5, 0.6) is 5.75 Å². The number of hydrogen-bond acceptors (Lipinski definition) is 10. The quantitative estimate of drug-likeness (QED) is 0.0198. The fourth-order valence-electron chi connectivity index (χ4n) is 9.94. The summed E-state index contributed by atoms with van der Waals surface area (Å²) in [6, 6.07) is 32.9. The van der Waals surface area contributed by atoms with Crippen molar-refractivity contribution in [3.05, 3.63) is 120 Å². The van der Waals surface area contributed by atoms with Gasteiger partial charge in [0.25, 0.3) is 10.1 Å². The summed E-state index contributed by atoms with van der Waals surface area (Å²) >= 11 is 0. The number of nitrogens with one attached hydrogen (secondary N) is 3. The number of carbonyl (C=O) groups excluding carboxylic acids is 1. The van der Waals surface area contributed by atoms with Crippen molar-refractivity contribution in [2.75, 3.05) is 83.3 Å². The van der Waals surface area contributed by atoms with Gasteiger partial charge in [-0.2, -0.15) is 8.42 Å². The lowest BCUT2D eigenvalue weighted by molar-refractivity contribution is 0.152. The Bertz CT molecular complexity index is 3030. The molecule has 72 heavy (non-hydrogen) atoms. The number of anilines is 2. The highest BCUT2D eigenvalue weighted by atomic mass is 32.2. The van der Waals surface area contributed by atoms with Crippen LogP contribution < -0.4 is 34.9 Å². The Kier molecular flexibility index (Phi) is 18.5. The van der Waals surface area contributed by atoms with Crippen molar-refractivity contribution in [3.8, 4) is 28.2 Å². The van der Waals surface area contributed by atoms with Gasteiger partial charge in [-0.05, 0) is 134 Å². The summed E-state index contributed by atoms with van der Waals surface area (Å²) in [7, 11) is -5.43. The van der Waals surface area contributed by atoms with Gasteiger partial charge in [-0.1, -0.05) is 42.8 Å². The van der Waals surface area contributed by atoms with Crippen LogP contribution in [0.25, 0.3) is 33.4 Å². The first kappa shape index (κ1) is 54.0. The molecule has 0 bridgehead atoms. The fraction of sp³-hybridized carbons (Fsp3) is 0.418. The minimum atomic E-state index is -4.95. The standard InChI is InChI=1S/C55H71N7O8S2/c1-7-60(8-2)42-23-28-48-51(35-42)70-52-36-43(61(9-3)10-4)24-29-49(52)54(48)50-30-27-47(37-53(50)72(66,67)68)71(64,65)57-32-15-14-19-44(38-56-55(63)58-41-17-12-11-13-18-41)59(5)39-45-20-16-33-62(45)34-31-40-21-25-46(69-6)26-22-40/h11-13,17-18,21-30,35-37,44-45,57H,7-10,14-16,19-20,31-34,38-39H2,1-6H3,(H2-,56,58,63,66,67,68)/p+1/t44-,45-/m1/s1. The maximum atomic E-state index is 13.9. The van der Waals surface area contributed by atoms with E-state index in [0.29, 0.717) is 65.4 Å². The van der Waals surface area contributed by atoms with Crippen LogP contribution >= 0.6 is 0 Å². The molecule has 4 aromatic carbocycles. The fourth-order valence-corrected chi connectivity index (χ4v) is 11.8. The van der Waals surface area contributed by atoms with E-state index in [9.17, 15) is 26.2 Å². The van der Waals surface area contributed by atoms with E-state index in [1.807, 2.05) is 78.9 Å². The average molecular weight is 1020 g/mol. The molecule has 2 atom stereocenters. The van der Waals surface area contributed by atoms with Crippen LogP contribution in [-0.4, -0.2) is 122 Å². The molecule has 2 amide bonds. The Hall–Kier alpha value is -5.82. The van der Waals surface area contributed by atoms with Gasteiger partial charge >= 0.3 is 6.03 Å². The van der Waals surface area contributed by atoms with E-state index >= 15 is 0 Å². The molecule has 7 rings (SSSR count). The highest BCUT2D eigenvalue weighted by Crippen LogP contribution is 2.43. The van der Waals surface area contributed by atoms with Crippen LogP contribution in [0.4, 0.5) is 16.2 Å². The maximum absolute atomic E-state index is 13.9. The molecule has 386 valence electrons. The zero-order valence-electron chi connectivity index (χ0n) is 42.6. The third-order valence-corrected chi connectivity index (χ3v) is 16.4. The molecule has 2 aliphatic heterocycles. The molecule has 4 aromatic rings. The third-order valence-electron chi connectivity index (χ3n) is 14.0. The highest BCUT2D eigenvalue weighted by Gasteiger charge is 2.29. The molecule has 0 aromatic heterocycles. The lowest BCUT2D eigenvalue weighted by Crippen LogP contribution is -2.48. The largest absolute Gasteiger partial charge is 0.497 e. The van der Waals surface area contributed by atoms with Crippen molar-refractivity contribution in [1.82, 2.24) is 24.4 Å². The maximum Gasteiger partial charge on any atom is 0.319 e. The molecule has 4 N–H and O–H groups in total. The SMILES string of the molecule is CCN(CC)c1ccc2c(-c3ccc(S(=O)(=O)NCCCC[C@H](CNC(=O)Nc4ccccc4)N(C)C[C@H]4CCCN4CCc4ccc(OC)cc4)cc3S(=O)(=O)O)c3ccc(=[N+](CC)CC)cc-3oc2c1. The highest BCUT2D eigenvalue weighted by molar-refractivity contribution is 7.89. The summed E-state index contributed by atoms with van der Waals surface area (Å²) in [5, 5.41) is 7.50. The molecule has 0 saturated carbocycles. The van der Waals surface area contributed by atoms with Gasteiger partial charge in [-0.15, -0.1) is 0 Å². The van der Waals surface area contributed by atoms with E-state index in [2.05, 4.69) is 81.5 Å². The van der Waals surface area contributed by atoms with Crippen molar-refractivity contribution in [1.29, 1.82) is 0 Å². The molecule has 0 spiro atoms. The van der Waals surface area contributed by atoms with Crippen LogP contribution in [-0.2, 0) is 26.6 Å². The van der Waals surface area contributed by atoms with Gasteiger partial charge in [0.1, 0.15) is 35.1 Å². The predicted octanol–water partition coefficient (Wildman–Crippen LogP) is 8.40. The van der Waals surface area contributed by atoms with E-state index in [1.165, 1.54) is 17.7 Å². The number of urea groups is 1. The molecule has 1 saturated heterocycles. The van der Waals surface area contributed by atoms with Crippen LogP contribution in [0.2, 0.25) is 0 Å². The molecule has 2 heterocycles. The van der Waals surface area contributed by atoms with E-state index in [4.69, 9.17) is 9.15 Å². The monoisotopic (exact) mass is 1020 g/mol. The molecule has 1 fully saturated rings. The van der Waals surface area contributed by atoms with Crippen molar-refractivity contribution < 1.29 is 35.3 Å². The molecular weight excluding hydrogens is 951 g/mol. The van der Waals surface area contributed by atoms with Gasteiger partial charge in [0.2, 0.25) is 15.4 Å². The van der Waals surface area contributed by atoms with Gasteiger partial charge in [0.15, 0.2) is 0 Å². The summed E-state index contributed by atoms with van der Waals surface area (Å²) in [5.74, 6) is 1.35. The van der Waals surface area contributed by atoms with Crippen molar-refractivity contribution in [3.63, 3.8) is 0 Å².